The van der Waals surface area contributed by atoms with Crippen molar-refractivity contribution in [2.24, 2.45) is 5.41 Å². The Hall–Kier alpha value is -0.790. The number of anilines is 1. The lowest BCUT2D eigenvalue weighted by Crippen LogP contribution is -2.30. The molecular formula is C13H19BrN2O3S. The number of hydrogen-bond donors (Lipinski definition) is 1. The van der Waals surface area contributed by atoms with Gasteiger partial charge < -0.3 is 10.5 Å². The molecule has 5 nitrogen and oxygen atoms in total. The number of ether oxygens (including phenoxy) is 1. The summed E-state index contributed by atoms with van der Waals surface area (Å²) in [6.45, 7) is 5.16. The number of rotatable bonds is 3. The third-order valence-corrected chi connectivity index (χ3v) is 6.10. The van der Waals surface area contributed by atoms with Gasteiger partial charge in [0.1, 0.15) is 10.6 Å². The number of benzene rings is 1. The van der Waals surface area contributed by atoms with Crippen molar-refractivity contribution in [3.8, 4) is 5.75 Å². The summed E-state index contributed by atoms with van der Waals surface area (Å²) in [6, 6.07) is 3.03. The zero-order valence-electron chi connectivity index (χ0n) is 11.8. The number of nitrogen functional groups attached to an aromatic ring is 1. The molecule has 0 spiro atoms. The van der Waals surface area contributed by atoms with E-state index >= 15 is 0 Å². The zero-order chi connectivity index (χ0) is 15.1. The molecule has 1 aromatic rings. The molecule has 20 heavy (non-hydrogen) atoms. The molecule has 0 aromatic heterocycles. The van der Waals surface area contributed by atoms with Crippen molar-refractivity contribution < 1.29 is 13.2 Å². The number of hydrogen-bond acceptors (Lipinski definition) is 4. The second-order valence-corrected chi connectivity index (χ2v) is 8.54. The molecule has 112 valence electrons. The number of nitrogens with two attached hydrogens (primary N) is 1. The van der Waals surface area contributed by atoms with Crippen LogP contribution in [0.1, 0.15) is 20.3 Å². The van der Waals surface area contributed by atoms with Crippen LogP contribution in [0.15, 0.2) is 21.5 Å². The molecule has 0 aliphatic carbocycles. The highest BCUT2D eigenvalue weighted by atomic mass is 79.9. The highest BCUT2D eigenvalue weighted by Gasteiger charge is 2.38. The third-order valence-electron chi connectivity index (χ3n) is 3.54. The molecule has 0 bridgehead atoms. The highest BCUT2D eigenvalue weighted by Crippen LogP contribution is 2.37. The molecule has 1 aliphatic heterocycles. The van der Waals surface area contributed by atoms with Gasteiger partial charge in [-0.25, -0.2) is 8.42 Å². The minimum Gasteiger partial charge on any atom is -0.495 e. The molecular weight excluding hydrogens is 344 g/mol. The van der Waals surface area contributed by atoms with Gasteiger partial charge >= 0.3 is 0 Å². The van der Waals surface area contributed by atoms with Crippen molar-refractivity contribution in [2.75, 3.05) is 25.9 Å². The van der Waals surface area contributed by atoms with E-state index in [4.69, 9.17) is 10.5 Å². The van der Waals surface area contributed by atoms with Crippen LogP contribution >= 0.6 is 15.9 Å². The second kappa shape index (κ2) is 5.20. The fourth-order valence-corrected chi connectivity index (χ4v) is 4.44. The van der Waals surface area contributed by atoms with Gasteiger partial charge in [-0.2, -0.15) is 4.31 Å². The van der Waals surface area contributed by atoms with E-state index in [1.165, 1.54) is 17.5 Å². The second-order valence-electron chi connectivity index (χ2n) is 5.78. The van der Waals surface area contributed by atoms with Crippen LogP contribution in [-0.2, 0) is 10.0 Å². The molecule has 1 saturated heterocycles. The molecule has 0 amide bonds. The molecule has 1 fully saturated rings. The SMILES string of the molecule is COc1cc(Br)c(N)cc1S(=O)(=O)N1CCC(C)(C)C1. The van der Waals surface area contributed by atoms with E-state index in [2.05, 4.69) is 29.8 Å². The topological polar surface area (TPSA) is 72.6 Å². The average Bonchev–Trinajstić information content (AvgIpc) is 2.73. The summed E-state index contributed by atoms with van der Waals surface area (Å²) in [5, 5.41) is 0. The summed E-state index contributed by atoms with van der Waals surface area (Å²) >= 11 is 3.28. The van der Waals surface area contributed by atoms with Crippen LogP contribution in [0.5, 0.6) is 5.75 Å². The smallest absolute Gasteiger partial charge is 0.246 e. The Labute approximate surface area is 128 Å². The summed E-state index contributed by atoms with van der Waals surface area (Å²) in [6.07, 6.45) is 0.848. The predicted octanol–water partition coefficient (Wildman–Crippen LogP) is 2.46. The van der Waals surface area contributed by atoms with Crippen LogP contribution in [0.2, 0.25) is 0 Å². The first-order chi connectivity index (χ1) is 9.17. The summed E-state index contributed by atoms with van der Waals surface area (Å²) in [5.74, 6) is 0.302. The first-order valence-electron chi connectivity index (χ1n) is 6.30. The van der Waals surface area contributed by atoms with Gasteiger partial charge in [-0.3, -0.25) is 0 Å². The Kier molecular flexibility index (Phi) is 4.05. The van der Waals surface area contributed by atoms with Gasteiger partial charge in [-0.15, -0.1) is 0 Å². The lowest BCUT2D eigenvalue weighted by Gasteiger charge is -2.21. The molecule has 2 rings (SSSR count). The van der Waals surface area contributed by atoms with Gasteiger partial charge in [0.15, 0.2) is 0 Å². The van der Waals surface area contributed by atoms with Crippen LogP contribution in [0, 0.1) is 5.41 Å². The van der Waals surface area contributed by atoms with Gasteiger partial charge in [-0.1, -0.05) is 13.8 Å². The van der Waals surface area contributed by atoms with Crippen molar-refractivity contribution >= 4 is 31.6 Å². The maximum atomic E-state index is 12.7. The first kappa shape index (κ1) is 15.6. The molecule has 1 aliphatic rings. The number of nitrogens with zero attached hydrogens (tertiary/aromatic N) is 1. The Balaban J connectivity index is 2.47. The molecule has 0 saturated carbocycles. The Morgan fingerprint density at radius 2 is 2.05 bits per heavy atom. The Bertz CT molecular complexity index is 629. The standard InChI is InChI=1S/C13H19BrN2O3S/c1-13(2)4-5-16(8-13)20(17,18)12-7-10(15)9(14)6-11(12)19-3/h6-7H,4-5,8,15H2,1-3H3. The summed E-state index contributed by atoms with van der Waals surface area (Å²) < 4.78 is 32.8. The van der Waals surface area contributed by atoms with Crippen molar-refractivity contribution in [1.82, 2.24) is 4.31 Å². The lowest BCUT2D eigenvalue weighted by molar-refractivity contribution is 0.371. The van der Waals surface area contributed by atoms with E-state index in [0.29, 0.717) is 29.0 Å². The van der Waals surface area contributed by atoms with Gasteiger partial charge in [0.25, 0.3) is 0 Å². The van der Waals surface area contributed by atoms with Crippen LogP contribution in [0.4, 0.5) is 5.69 Å². The van der Waals surface area contributed by atoms with E-state index in [0.717, 1.165) is 6.42 Å². The monoisotopic (exact) mass is 362 g/mol. The summed E-state index contributed by atoms with van der Waals surface area (Å²) in [4.78, 5) is 0.124. The van der Waals surface area contributed by atoms with Gasteiger partial charge in [0, 0.05) is 23.2 Å². The number of sulfonamides is 1. The Morgan fingerprint density at radius 1 is 1.40 bits per heavy atom. The quantitative estimate of drug-likeness (QED) is 0.838. The fourth-order valence-electron chi connectivity index (χ4n) is 2.32. The number of halogens is 1. The maximum absolute atomic E-state index is 12.7. The van der Waals surface area contributed by atoms with E-state index in [1.807, 2.05) is 0 Å². The van der Waals surface area contributed by atoms with Crippen molar-refractivity contribution in [2.45, 2.75) is 25.2 Å². The van der Waals surface area contributed by atoms with E-state index in [-0.39, 0.29) is 10.3 Å². The van der Waals surface area contributed by atoms with Gasteiger partial charge in [0.2, 0.25) is 10.0 Å². The molecule has 1 heterocycles. The largest absolute Gasteiger partial charge is 0.495 e. The summed E-state index contributed by atoms with van der Waals surface area (Å²) in [7, 11) is -2.13. The van der Waals surface area contributed by atoms with Gasteiger partial charge in [0.05, 0.1) is 7.11 Å². The fraction of sp³-hybridized carbons (Fsp3) is 0.538. The highest BCUT2D eigenvalue weighted by molar-refractivity contribution is 9.10. The van der Waals surface area contributed by atoms with Crippen LogP contribution in [-0.4, -0.2) is 32.9 Å². The van der Waals surface area contributed by atoms with E-state index in [9.17, 15) is 8.42 Å². The molecule has 0 radical (unpaired) electrons. The zero-order valence-corrected chi connectivity index (χ0v) is 14.2. The molecule has 1 aromatic carbocycles. The molecule has 7 heteroatoms. The average molecular weight is 363 g/mol. The third kappa shape index (κ3) is 2.80. The van der Waals surface area contributed by atoms with Crippen molar-refractivity contribution in [3.05, 3.63) is 16.6 Å². The van der Waals surface area contributed by atoms with E-state index in [1.54, 1.807) is 6.07 Å². The predicted molar refractivity (Wildman–Crippen MR) is 82.3 cm³/mol. The molecule has 0 unspecified atom stereocenters. The molecule has 0 atom stereocenters. The van der Waals surface area contributed by atoms with Crippen LogP contribution in [0.25, 0.3) is 0 Å². The minimum atomic E-state index is -3.58. The normalized spacial score (nSPS) is 19.2. The van der Waals surface area contributed by atoms with Crippen LogP contribution < -0.4 is 10.5 Å². The molecule has 2 N–H and O–H groups in total. The minimum absolute atomic E-state index is 0.00120. The summed E-state index contributed by atoms with van der Waals surface area (Å²) in [5.41, 5.74) is 6.19. The first-order valence-corrected chi connectivity index (χ1v) is 8.54. The van der Waals surface area contributed by atoms with Crippen LogP contribution in [0.3, 0.4) is 0 Å². The van der Waals surface area contributed by atoms with Crippen molar-refractivity contribution in [1.29, 1.82) is 0 Å². The van der Waals surface area contributed by atoms with Gasteiger partial charge in [-0.05, 0) is 39.9 Å². The Morgan fingerprint density at radius 3 is 2.55 bits per heavy atom. The number of methoxy groups -OCH3 is 1. The van der Waals surface area contributed by atoms with Crippen molar-refractivity contribution in [3.63, 3.8) is 0 Å². The van der Waals surface area contributed by atoms with E-state index < -0.39 is 10.0 Å². The maximum Gasteiger partial charge on any atom is 0.246 e. The lowest BCUT2D eigenvalue weighted by atomic mass is 9.93.